The molecule has 1 amide bonds. The first-order chi connectivity index (χ1) is 18.1. The Kier molecular flexibility index (Phi) is 7.06. The molecule has 3 fully saturated rings. The number of anilines is 3. The van der Waals surface area contributed by atoms with Crippen molar-refractivity contribution in [3.8, 4) is 5.75 Å². The third kappa shape index (κ3) is 5.62. The van der Waals surface area contributed by atoms with Crippen LogP contribution in [0.15, 0.2) is 59.4 Å². The first kappa shape index (κ1) is 24.3. The number of nitrogens with one attached hydrogen (secondary N) is 2. The van der Waals surface area contributed by atoms with Crippen molar-refractivity contribution in [1.82, 2.24) is 14.9 Å². The number of aromatic nitrogens is 2. The number of carbonyl (C=O) groups excluding carboxylic acids is 1. The van der Waals surface area contributed by atoms with Crippen molar-refractivity contribution in [2.45, 2.75) is 31.1 Å². The second-order valence-corrected chi connectivity index (χ2v) is 10.4. The van der Waals surface area contributed by atoms with Crippen LogP contribution in [-0.2, 0) is 14.3 Å². The molecule has 4 heterocycles. The van der Waals surface area contributed by atoms with Crippen molar-refractivity contribution >= 4 is 49.9 Å². The van der Waals surface area contributed by atoms with Gasteiger partial charge in [0.15, 0.2) is 0 Å². The largest absolute Gasteiger partial charge is 0.486 e. The molecule has 3 atom stereocenters. The highest BCUT2D eigenvalue weighted by molar-refractivity contribution is 9.10. The molecule has 2 aromatic carbocycles. The average molecular weight is 566 g/mol. The van der Waals surface area contributed by atoms with E-state index in [1.165, 1.54) is 6.33 Å². The standard InChI is InChI=1S/C27H28BrN5O4/c28-17-3-1-4-18(9-17)31-27-22-11-24(25(12-23(22)29-16-30-27)37-20-6-8-35-15-20)32-26(34)5-2-7-33-13-21-10-19(33)14-36-21/h1-5,9,11-12,16,19-21H,6-8,10,13-15H2,(H,32,34)(H,29,30,31)/b5-2+/t19-,20+,21-/m1/s1. The number of fused-ring (bicyclic) bond motifs is 3. The molecule has 6 rings (SSSR count). The van der Waals surface area contributed by atoms with E-state index >= 15 is 0 Å². The number of ether oxygens (including phenoxy) is 3. The van der Waals surface area contributed by atoms with Crippen molar-refractivity contribution in [3.05, 3.63) is 59.4 Å². The van der Waals surface area contributed by atoms with Crippen LogP contribution in [0.25, 0.3) is 10.9 Å². The topological polar surface area (TPSA) is 97.8 Å². The smallest absolute Gasteiger partial charge is 0.248 e. The van der Waals surface area contributed by atoms with Crippen LogP contribution in [0, 0.1) is 0 Å². The molecular formula is C27H28BrN5O4. The Morgan fingerprint density at radius 2 is 2.19 bits per heavy atom. The number of carbonyl (C=O) groups is 1. The van der Waals surface area contributed by atoms with E-state index in [1.54, 1.807) is 6.08 Å². The highest BCUT2D eigenvalue weighted by Gasteiger charge is 2.38. The normalized spacial score (nSPS) is 23.2. The maximum Gasteiger partial charge on any atom is 0.248 e. The van der Waals surface area contributed by atoms with Gasteiger partial charge < -0.3 is 24.8 Å². The fourth-order valence-electron chi connectivity index (χ4n) is 5.04. The van der Waals surface area contributed by atoms with Gasteiger partial charge in [0, 0.05) is 53.2 Å². The zero-order chi connectivity index (χ0) is 25.2. The molecule has 3 aliphatic rings. The first-order valence-corrected chi connectivity index (χ1v) is 13.3. The molecule has 3 saturated heterocycles. The quantitative estimate of drug-likeness (QED) is 0.391. The van der Waals surface area contributed by atoms with Gasteiger partial charge in [-0.1, -0.05) is 28.1 Å². The summed E-state index contributed by atoms with van der Waals surface area (Å²) in [6, 6.07) is 12.0. The monoisotopic (exact) mass is 565 g/mol. The van der Waals surface area contributed by atoms with Crippen LogP contribution in [0.2, 0.25) is 0 Å². The molecule has 0 saturated carbocycles. The molecular weight excluding hydrogens is 538 g/mol. The Morgan fingerprint density at radius 3 is 2.97 bits per heavy atom. The molecule has 37 heavy (non-hydrogen) atoms. The summed E-state index contributed by atoms with van der Waals surface area (Å²) in [4.78, 5) is 24.2. The minimum absolute atomic E-state index is 0.0717. The van der Waals surface area contributed by atoms with Gasteiger partial charge in [-0.05, 0) is 30.7 Å². The van der Waals surface area contributed by atoms with Crippen LogP contribution < -0.4 is 15.4 Å². The molecule has 9 nitrogen and oxygen atoms in total. The summed E-state index contributed by atoms with van der Waals surface area (Å²) in [5, 5.41) is 7.13. The minimum atomic E-state index is -0.217. The Morgan fingerprint density at radius 1 is 1.24 bits per heavy atom. The summed E-state index contributed by atoms with van der Waals surface area (Å²) in [5.41, 5.74) is 2.16. The average Bonchev–Trinajstić information content (AvgIpc) is 3.64. The maximum atomic E-state index is 12.9. The van der Waals surface area contributed by atoms with Crippen LogP contribution in [0.1, 0.15) is 12.8 Å². The molecule has 0 spiro atoms. The van der Waals surface area contributed by atoms with E-state index in [0.29, 0.717) is 48.1 Å². The molecule has 0 aliphatic carbocycles. The maximum absolute atomic E-state index is 12.9. The lowest BCUT2D eigenvalue weighted by atomic mass is 10.1. The SMILES string of the molecule is O=C(/C=C/CN1C[C@H]2C[C@@H]1CO2)Nc1cc2c(Nc3cccc(Br)c3)ncnc2cc1O[C@H]1CCOC1. The van der Waals surface area contributed by atoms with Gasteiger partial charge in [-0.3, -0.25) is 9.69 Å². The summed E-state index contributed by atoms with van der Waals surface area (Å²) in [6.45, 7) is 3.62. The summed E-state index contributed by atoms with van der Waals surface area (Å²) in [6.07, 6.45) is 7.16. The molecule has 10 heteroatoms. The third-order valence-corrected chi connectivity index (χ3v) is 7.38. The zero-order valence-electron chi connectivity index (χ0n) is 20.2. The Hall–Kier alpha value is -3.05. The second kappa shape index (κ2) is 10.7. The zero-order valence-corrected chi connectivity index (χ0v) is 21.8. The van der Waals surface area contributed by atoms with Gasteiger partial charge in [-0.25, -0.2) is 9.97 Å². The van der Waals surface area contributed by atoms with Gasteiger partial charge in [0.05, 0.1) is 37.1 Å². The van der Waals surface area contributed by atoms with E-state index in [2.05, 4.69) is 41.4 Å². The number of nitrogens with zero attached hydrogens (tertiary/aromatic N) is 3. The number of rotatable bonds is 8. The highest BCUT2D eigenvalue weighted by atomic mass is 79.9. The summed E-state index contributed by atoms with van der Waals surface area (Å²) < 4.78 is 18.3. The van der Waals surface area contributed by atoms with Gasteiger partial charge in [0.1, 0.15) is 24.0 Å². The van der Waals surface area contributed by atoms with Crippen molar-refractivity contribution in [2.75, 3.05) is 43.5 Å². The van der Waals surface area contributed by atoms with E-state index in [-0.39, 0.29) is 12.0 Å². The molecule has 2 N–H and O–H groups in total. The van der Waals surface area contributed by atoms with Gasteiger partial charge in [0.25, 0.3) is 0 Å². The van der Waals surface area contributed by atoms with Crippen LogP contribution in [0.3, 0.4) is 0 Å². The molecule has 192 valence electrons. The Labute approximate surface area is 223 Å². The Balaban J connectivity index is 1.25. The highest BCUT2D eigenvalue weighted by Crippen LogP contribution is 2.35. The fourth-order valence-corrected chi connectivity index (χ4v) is 5.44. The van der Waals surface area contributed by atoms with Crippen LogP contribution in [0.4, 0.5) is 17.2 Å². The molecule has 3 aromatic rings. The van der Waals surface area contributed by atoms with Crippen molar-refractivity contribution in [1.29, 1.82) is 0 Å². The van der Waals surface area contributed by atoms with Gasteiger partial charge in [-0.15, -0.1) is 0 Å². The fraction of sp³-hybridized carbons (Fsp3) is 0.370. The summed E-state index contributed by atoms with van der Waals surface area (Å²) in [7, 11) is 0. The molecule has 3 aliphatic heterocycles. The number of hydrogen-bond acceptors (Lipinski definition) is 8. The van der Waals surface area contributed by atoms with Crippen molar-refractivity contribution in [3.63, 3.8) is 0 Å². The number of hydrogen-bond donors (Lipinski definition) is 2. The van der Waals surface area contributed by atoms with Gasteiger partial charge in [0.2, 0.25) is 5.91 Å². The molecule has 1 aromatic heterocycles. The second-order valence-electron chi connectivity index (χ2n) is 9.52. The summed E-state index contributed by atoms with van der Waals surface area (Å²) in [5.74, 6) is 0.980. The number of benzene rings is 2. The first-order valence-electron chi connectivity index (χ1n) is 12.5. The van der Waals surface area contributed by atoms with E-state index in [1.807, 2.05) is 42.5 Å². The van der Waals surface area contributed by atoms with E-state index in [4.69, 9.17) is 14.2 Å². The number of halogens is 1. The lowest BCUT2D eigenvalue weighted by Gasteiger charge is -2.25. The predicted octanol–water partition coefficient (Wildman–Crippen LogP) is 4.27. The van der Waals surface area contributed by atoms with Crippen molar-refractivity contribution < 1.29 is 19.0 Å². The lowest BCUT2D eigenvalue weighted by Crippen LogP contribution is -2.36. The lowest BCUT2D eigenvalue weighted by molar-refractivity contribution is -0.111. The third-order valence-electron chi connectivity index (χ3n) is 6.89. The van der Waals surface area contributed by atoms with Gasteiger partial charge in [-0.2, -0.15) is 0 Å². The molecule has 2 bridgehead atoms. The van der Waals surface area contributed by atoms with Crippen LogP contribution in [0.5, 0.6) is 5.75 Å². The number of amides is 1. The minimum Gasteiger partial charge on any atom is -0.486 e. The van der Waals surface area contributed by atoms with Crippen LogP contribution in [-0.4, -0.2) is 71.9 Å². The van der Waals surface area contributed by atoms with Gasteiger partial charge >= 0.3 is 0 Å². The molecule has 0 unspecified atom stereocenters. The number of likely N-dealkylation sites (tertiary alicyclic amines) is 1. The van der Waals surface area contributed by atoms with E-state index < -0.39 is 0 Å². The van der Waals surface area contributed by atoms with Crippen LogP contribution >= 0.6 is 15.9 Å². The number of morpholine rings is 1. The summed E-state index contributed by atoms with van der Waals surface area (Å²) >= 11 is 3.50. The predicted molar refractivity (Wildman–Crippen MR) is 144 cm³/mol. The Bertz CT molecular complexity index is 1330. The van der Waals surface area contributed by atoms with E-state index in [9.17, 15) is 4.79 Å². The molecule has 0 radical (unpaired) electrons. The van der Waals surface area contributed by atoms with Crippen molar-refractivity contribution in [2.24, 2.45) is 0 Å². The van der Waals surface area contributed by atoms with E-state index in [0.717, 1.165) is 48.1 Å².